The fourth-order valence-corrected chi connectivity index (χ4v) is 3.86. The number of rotatable bonds is 2. The number of nitrogens with two attached hydrogens (primary N) is 1. The van der Waals surface area contributed by atoms with Crippen LogP contribution in [-0.4, -0.2) is 0 Å². The number of hydrogen-bond donors (Lipinski definition) is 1. The molecule has 2 heteroatoms. The maximum atomic E-state index is 6.38. The lowest BCUT2D eigenvalue weighted by Crippen LogP contribution is -2.15. The largest absolute Gasteiger partial charge is 0.323 e. The van der Waals surface area contributed by atoms with Gasteiger partial charge in [-0.25, -0.2) is 0 Å². The SMILES string of the molecule is Cc1ccc(C(N)C2C(C)(C)C2(C)C)s1. The van der Waals surface area contributed by atoms with Gasteiger partial charge in [0.05, 0.1) is 0 Å². The summed E-state index contributed by atoms with van der Waals surface area (Å²) in [7, 11) is 0. The second-order valence-electron chi connectivity index (χ2n) is 5.90. The van der Waals surface area contributed by atoms with Crippen LogP contribution in [0.5, 0.6) is 0 Å². The highest BCUT2D eigenvalue weighted by atomic mass is 32.1. The van der Waals surface area contributed by atoms with Crippen LogP contribution in [0.25, 0.3) is 0 Å². The third kappa shape index (κ3) is 1.46. The van der Waals surface area contributed by atoms with Crippen molar-refractivity contribution in [1.82, 2.24) is 0 Å². The second-order valence-corrected chi connectivity index (χ2v) is 7.21. The third-order valence-electron chi connectivity index (χ3n) is 4.58. The summed E-state index contributed by atoms with van der Waals surface area (Å²) in [5.41, 5.74) is 7.13. The van der Waals surface area contributed by atoms with E-state index in [1.54, 1.807) is 0 Å². The summed E-state index contributed by atoms with van der Waals surface area (Å²) in [6, 6.07) is 4.57. The van der Waals surface area contributed by atoms with E-state index in [0.717, 1.165) is 0 Å². The van der Waals surface area contributed by atoms with Crippen molar-refractivity contribution < 1.29 is 0 Å². The Morgan fingerprint density at radius 1 is 1.20 bits per heavy atom. The number of hydrogen-bond acceptors (Lipinski definition) is 2. The summed E-state index contributed by atoms with van der Waals surface area (Å²) in [5, 5.41) is 0. The maximum absolute atomic E-state index is 6.38. The van der Waals surface area contributed by atoms with E-state index in [9.17, 15) is 0 Å². The van der Waals surface area contributed by atoms with Gasteiger partial charge in [-0.2, -0.15) is 0 Å². The Hall–Kier alpha value is -0.340. The van der Waals surface area contributed by atoms with Gasteiger partial charge in [-0.3, -0.25) is 0 Å². The van der Waals surface area contributed by atoms with E-state index < -0.39 is 0 Å². The Morgan fingerprint density at radius 3 is 2.07 bits per heavy atom. The Morgan fingerprint density at radius 2 is 1.73 bits per heavy atom. The van der Waals surface area contributed by atoms with E-state index in [4.69, 9.17) is 5.73 Å². The molecular weight excluding hydrogens is 202 g/mol. The van der Waals surface area contributed by atoms with Crippen molar-refractivity contribution in [3.05, 3.63) is 21.9 Å². The van der Waals surface area contributed by atoms with Crippen molar-refractivity contribution in [3.63, 3.8) is 0 Å². The Kier molecular flexibility index (Phi) is 2.29. The average Bonchev–Trinajstić information content (AvgIpc) is 2.49. The van der Waals surface area contributed by atoms with Crippen molar-refractivity contribution in [2.75, 3.05) is 0 Å². The van der Waals surface area contributed by atoms with E-state index in [1.165, 1.54) is 9.75 Å². The summed E-state index contributed by atoms with van der Waals surface area (Å²) in [6.07, 6.45) is 0. The quantitative estimate of drug-likeness (QED) is 0.812. The zero-order chi connectivity index (χ0) is 11.4. The fourth-order valence-electron chi connectivity index (χ4n) is 2.94. The van der Waals surface area contributed by atoms with Crippen LogP contribution in [0, 0.1) is 23.7 Å². The molecule has 2 rings (SSSR count). The predicted octanol–water partition coefficient (Wildman–Crippen LogP) is 3.74. The summed E-state index contributed by atoms with van der Waals surface area (Å²) < 4.78 is 0. The minimum absolute atomic E-state index is 0.216. The van der Waals surface area contributed by atoms with Gasteiger partial charge < -0.3 is 5.73 Å². The smallest absolute Gasteiger partial charge is 0.0429 e. The van der Waals surface area contributed by atoms with E-state index in [2.05, 4.69) is 46.8 Å². The molecule has 0 aliphatic heterocycles. The highest BCUT2D eigenvalue weighted by Gasteiger charge is 2.66. The first-order valence-corrected chi connectivity index (χ1v) is 6.42. The highest BCUT2D eigenvalue weighted by molar-refractivity contribution is 7.12. The molecule has 1 unspecified atom stereocenters. The van der Waals surface area contributed by atoms with Crippen LogP contribution in [0.4, 0.5) is 0 Å². The molecule has 0 amide bonds. The average molecular weight is 223 g/mol. The lowest BCUT2D eigenvalue weighted by atomic mass is 10.0. The molecule has 1 nitrogen and oxygen atoms in total. The van der Waals surface area contributed by atoms with Gasteiger partial charge >= 0.3 is 0 Å². The van der Waals surface area contributed by atoms with Crippen molar-refractivity contribution in [2.45, 2.75) is 40.7 Å². The molecule has 1 aliphatic carbocycles. The highest BCUT2D eigenvalue weighted by Crippen LogP contribution is 2.72. The van der Waals surface area contributed by atoms with Crippen LogP contribution in [0.2, 0.25) is 0 Å². The van der Waals surface area contributed by atoms with Gasteiger partial charge in [0.1, 0.15) is 0 Å². The van der Waals surface area contributed by atoms with Gasteiger partial charge in [0, 0.05) is 15.8 Å². The second kappa shape index (κ2) is 3.08. The van der Waals surface area contributed by atoms with Gasteiger partial charge in [-0.15, -0.1) is 11.3 Å². The van der Waals surface area contributed by atoms with Gasteiger partial charge in [-0.05, 0) is 35.8 Å². The topological polar surface area (TPSA) is 26.0 Å². The Labute approximate surface area is 96.7 Å². The molecule has 0 bridgehead atoms. The summed E-state index contributed by atoms with van der Waals surface area (Å²) in [4.78, 5) is 2.70. The Bertz CT molecular complexity index is 362. The van der Waals surface area contributed by atoms with Gasteiger partial charge in [0.15, 0.2) is 0 Å². The molecule has 1 atom stereocenters. The summed E-state index contributed by atoms with van der Waals surface area (Å²) in [6.45, 7) is 11.5. The molecule has 0 spiro atoms. The first kappa shape index (κ1) is 11.2. The molecule has 1 heterocycles. The molecule has 1 aliphatic rings. The zero-order valence-corrected chi connectivity index (χ0v) is 11.1. The van der Waals surface area contributed by atoms with E-state index >= 15 is 0 Å². The minimum Gasteiger partial charge on any atom is -0.323 e. The molecule has 84 valence electrons. The zero-order valence-electron chi connectivity index (χ0n) is 10.3. The van der Waals surface area contributed by atoms with E-state index in [0.29, 0.717) is 16.7 Å². The van der Waals surface area contributed by atoms with Crippen molar-refractivity contribution in [3.8, 4) is 0 Å². The molecule has 1 fully saturated rings. The van der Waals surface area contributed by atoms with Crippen LogP contribution in [-0.2, 0) is 0 Å². The van der Waals surface area contributed by atoms with Crippen LogP contribution in [0.3, 0.4) is 0 Å². The molecule has 15 heavy (non-hydrogen) atoms. The molecule has 1 aromatic rings. The molecule has 1 aromatic heterocycles. The monoisotopic (exact) mass is 223 g/mol. The lowest BCUT2D eigenvalue weighted by molar-refractivity contribution is 0.457. The van der Waals surface area contributed by atoms with Gasteiger partial charge in [0.25, 0.3) is 0 Å². The molecule has 0 radical (unpaired) electrons. The number of thiophene rings is 1. The number of aryl methyl sites for hydroxylation is 1. The summed E-state index contributed by atoms with van der Waals surface area (Å²) >= 11 is 1.84. The van der Waals surface area contributed by atoms with Crippen LogP contribution in [0.1, 0.15) is 43.5 Å². The normalized spacial score (nSPS) is 25.2. The van der Waals surface area contributed by atoms with Crippen LogP contribution in [0.15, 0.2) is 12.1 Å². The molecular formula is C13H21NS. The summed E-state index contributed by atoms with van der Waals surface area (Å²) in [5.74, 6) is 0.614. The van der Waals surface area contributed by atoms with Crippen LogP contribution < -0.4 is 5.73 Å². The van der Waals surface area contributed by atoms with E-state index in [1.807, 2.05) is 11.3 Å². The molecule has 2 N–H and O–H groups in total. The van der Waals surface area contributed by atoms with Gasteiger partial charge in [-0.1, -0.05) is 27.7 Å². The molecule has 1 saturated carbocycles. The first-order chi connectivity index (χ1) is 6.78. The minimum atomic E-state index is 0.216. The third-order valence-corrected chi connectivity index (χ3v) is 5.68. The molecule has 0 saturated heterocycles. The van der Waals surface area contributed by atoms with Crippen LogP contribution >= 0.6 is 11.3 Å². The Balaban J connectivity index is 2.21. The predicted molar refractivity (Wildman–Crippen MR) is 67.0 cm³/mol. The van der Waals surface area contributed by atoms with E-state index in [-0.39, 0.29) is 6.04 Å². The van der Waals surface area contributed by atoms with Crippen molar-refractivity contribution >= 4 is 11.3 Å². The van der Waals surface area contributed by atoms with Crippen molar-refractivity contribution in [1.29, 1.82) is 0 Å². The molecule has 0 aromatic carbocycles. The first-order valence-electron chi connectivity index (χ1n) is 5.60. The standard InChI is InChI=1S/C13H21NS/c1-8-6-7-9(15-8)10(14)11-12(2,3)13(11,4)5/h6-7,10-11H,14H2,1-5H3. The maximum Gasteiger partial charge on any atom is 0.0429 e. The lowest BCUT2D eigenvalue weighted by Gasteiger charge is -2.11. The fraction of sp³-hybridized carbons (Fsp3) is 0.692. The van der Waals surface area contributed by atoms with Crippen molar-refractivity contribution in [2.24, 2.45) is 22.5 Å². The van der Waals surface area contributed by atoms with Gasteiger partial charge in [0.2, 0.25) is 0 Å².